The summed E-state index contributed by atoms with van der Waals surface area (Å²) in [4.78, 5) is 0. The van der Waals surface area contributed by atoms with Gasteiger partial charge in [0, 0.05) is 13.0 Å². The minimum Gasteiger partial charge on any atom is -0.393 e. The highest BCUT2D eigenvalue weighted by atomic mass is 16.5. The van der Waals surface area contributed by atoms with Crippen LogP contribution in [0.25, 0.3) is 0 Å². The van der Waals surface area contributed by atoms with Gasteiger partial charge in [0.05, 0.1) is 33.9 Å². The van der Waals surface area contributed by atoms with Crippen molar-refractivity contribution in [2.45, 2.75) is 122 Å². The first-order valence-corrected chi connectivity index (χ1v) is 13.2. The van der Waals surface area contributed by atoms with Crippen molar-refractivity contribution in [1.29, 1.82) is 0 Å². The highest BCUT2D eigenvalue weighted by molar-refractivity contribution is 4.51. The first-order chi connectivity index (χ1) is 14.5. The van der Waals surface area contributed by atoms with Crippen molar-refractivity contribution < 1.29 is 19.4 Å². The zero-order valence-electron chi connectivity index (χ0n) is 20.9. The second-order valence-electron chi connectivity index (χ2n) is 9.95. The van der Waals surface area contributed by atoms with E-state index in [1.807, 2.05) is 0 Å². The van der Waals surface area contributed by atoms with Crippen LogP contribution in [0.15, 0.2) is 0 Å². The third-order valence-corrected chi connectivity index (χ3v) is 6.11. The summed E-state index contributed by atoms with van der Waals surface area (Å²) < 4.78 is 6.48. The second-order valence-corrected chi connectivity index (χ2v) is 9.95. The molecule has 4 nitrogen and oxygen atoms in total. The van der Waals surface area contributed by atoms with Gasteiger partial charge in [0.1, 0.15) is 12.6 Å². The number of aliphatic hydroxyl groups is 2. The molecule has 0 aromatic heterocycles. The molecule has 0 aliphatic rings. The van der Waals surface area contributed by atoms with E-state index in [1.54, 1.807) is 0 Å². The Bertz CT molecular complexity index is 336. The quantitative estimate of drug-likeness (QED) is 0.144. The molecule has 0 aliphatic carbocycles. The molecule has 0 radical (unpaired) electrons. The first-order valence-electron chi connectivity index (χ1n) is 13.2. The van der Waals surface area contributed by atoms with E-state index >= 15 is 0 Å². The van der Waals surface area contributed by atoms with E-state index in [0.717, 1.165) is 30.7 Å². The van der Waals surface area contributed by atoms with Crippen molar-refractivity contribution in [2.75, 3.05) is 47.0 Å². The summed E-state index contributed by atoms with van der Waals surface area (Å²) in [5.41, 5.74) is 0. The van der Waals surface area contributed by atoms with E-state index in [4.69, 9.17) is 9.84 Å². The molecule has 0 amide bonds. The normalized spacial score (nSPS) is 13.1. The summed E-state index contributed by atoms with van der Waals surface area (Å²) >= 11 is 0. The van der Waals surface area contributed by atoms with Crippen LogP contribution >= 0.6 is 0 Å². The Morgan fingerprint density at radius 2 is 1.03 bits per heavy atom. The SMILES string of the molecule is CCCCCCCCCCCCCCCCCCOCCC[N+](C)(C)CC(O)CO. The molecule has 1 atom stereocenters. The molecule has 1 unspecified atom stereocenters. The van der Waals surface area contributed by atoms with E-state index in [2.05, 4.69) is 21.0 Å². The van der Waals surface area contributed by atoms with Crippen molar-refractivity contribution in [3.63, 3.8) is 0 Å². The fourth-order valence-electron chi connectivity index (χ4n) is 4.17. The average Bonchev–Trinajstić information content (AvgIpc) is 2.71. The summed E-state index contributed by atoms with van der Waals surface area (Å²) in [6.45, 7) is 5.37. The van der Waals surface area contributed by atoms with E-state index in [-0.39, 0.29) is 6.61 Å². The summed E-state index contributed by atoms with van der Waals surface area (Å²) in [6, 6.07) is 0. The van der Waals surface area contributed by atoms with Gasteiger partial charge in [0.2, 0.25) is 0 Å². The number of ether oxygens (including phenoxy) is 1. The van der Waals surface area contributed by atoms with Crippen molar-refractivity contribution >= 4 is 0 Å². The van der Waals surface area contributed by atoms with E-state index in [0.29, 0.717) is 6.54 Å². The van der Waals surface area contributed by atoms with Crippen molar-refractivity contribution in [3.05, 3.63) is 0 Å². The van der Waals surface area contributed by atoms with Gasteiger partial charge >= 0.3 is 0 Å². The molecule has 0 heterocycles. The van der Waals surface area contributed by atoms with Crippen LogP contribution in [0.2, 0.25) is 0 Å². The third kappa shape index (κ3) is 22.5. The molecule has 0 bridgehead atoms. The van der Waals surface area contributed by atoms with Crippen LogP contribution in [0.5, 0.6) is 0 Å². The Hall–Kier alpha value is -0.160. The molecule has 0 aliphatic heterocycles. The summed E-state index contributed by atoms with van der Waals surface area (Å²) in [5, 5.41) is 18.5. The van der Waals surface area contributed by atoms with Gasteiger partial charge in [0.25, 0.3) is 0 Å². The topological polar surface area (TPSA) is 49.7 Å². The summed E-state index contributed by atoms with van der Waals surface area (Å²) in [6.07, 6.45) is 22.8. The monoisotopic (exact) mass is 430 g/mol. The fourth-order valence-corrected chi connectivity index (χ4v) is 4.17. The molecular formula is C26H56NO3+. The van der Waals surface area contributed by atoms with Crippen LogP contribution in [-0.4, -0.2) is 67.8 Å². The maximum absolute atomic E-state index is 9.56. The highest BCUT2D eigenvalue weighted by Gasteiger charge is 2.19. The molecule has 0 aromatic rings. The Labute approximate surface area is 189 Å². The zero-order chi connectivity index (χ0) is 22.3. The molecular weight excluding hydrogens is 374 g/mol. The molecule has 0 saturated carbocycles. The summed E-state index contributed by atoms with van der Waals surface area (Å²) in [7, 11) is 4.18. The standard InChI is InChI=1S/C26H56NO3/c1-4-5-6-7-8-9-10-11-12-13-14-15-16-17-18-19-22-30-23-20-21-27(2,3)24-26(29)25-28/h26,28-29H,4-25H2,1-3H3/q+1. The predicted octanol–water partition coefficient (Wildman–Crippen LogP) is 6.08. The van der Waals surface area contributed by atoms with E-state index in [9.17, 15) is 5.11 Å². The zero-order valence-corrected chi connectivity index (χ0v) is 20.9. The van der Waals surface area contributed by atoms with Gasteiger partial charge in [-0.05, 0) is 6.42 Å². The number of rotatable bonds is 24. The Morgan fingerprint density at radius 3 is 1.47 bits per heavy atom. The molecule has 0 fully saturated rings. The smallest absolute Gasteiger partial charge is 0.126 e. The number of aliphatic hydroxyl groups excluding tert-OH is 2. The Morgan fingerprint density at radius 1 is 0.633 bits per heavy atom. The van der Waals surface area contributed by atoms with E-state index < -0.39 is 6.10 Å². The van der Waals surface area contributed by atoms with Crippen molar-refractivity contribution in [2.24, 2.45) is 0 Å². The molecule has 0 aromatic carbocycles. The van der Waals surface area contributed by atoms with Gasteiger partial charge in [-0.25, -0.2) is 0 Å². The van der Waals surface area contributed by atoms with Crippen LogP contribution in [-0.2, 0) is 4.74 Å². The van der Waals surface area contributed by atoms with Gasteiger partial charge in [0.15, 0.2) is 0 Å². The van der Waals surface area contributed by atoms with Crippen molar-refractivity contribution in [3.8, 4) is 0 Å². The molecule has 0 rings (SSSR count). The van der Waals surface area contributed by atoms with Crippen LogP contribution in [0.4, 0.5) is 0 Å². The van der Waals surface area contributed by atoms with E-state index in [1.165, 1.54) is 103 Å². The van der Waals surface area contributed by atoms with Crippen molar-refractivity contribution in [1.82, 2.24) is 0 Å². The van der Waals surface area contributed by atoms with Crippen LogP contribution in [0.3, 0.4) is 0 Å². The molecule has 2 N–H and O–H groups in total. The molecule has 30 heavy (non-hydrogen) atoms. The van der Waals surface area contributed by atoms with Crippen LogP contribution in [0, 0.1) is 0 Å². The number of quaternary nitrogens is 1. The lowest BCUT2D eigenvalue weighted by Gasteiger charge is -2.31. The number of likely N-dealkylation sites (N-methyl/N-ethyl adjacent to an activating group) is 1. The lowest BCUT2D eigenvalue weighted by Crippen LogP contribution is -2.47. The molecule has 4 heteroatoms. The largest absolute Gasteiger partial charge is 0.393 e. The number of hydrogen-bond donors (Lipinski definition) is 2. The summed E-state index contributed by atoms with van der Waals surface area (Å²) in [5.74, 6) is 0. The second kappa shape index (κ2) is 22.0. The average molecular weight is 431 g/mol. The van der Waals surface area contributed by atoms with Gasteiger partial charge in [-0.15, -0.1) is 0 Å². The minimum absolute atomic E-state index is 0.155. The van der Waals surface area contributed by atoms with Crippen LogP contribution in [0.1, 0.15) is 116 Å². The van der Waals surface area contributed by atoms with Gasteiger partial charge in [-0.2, -0.15) is 0 Å². The Kier molecular flexibility index (Phi) is 21.9. The first kappa shape index (κ1) is 29.8. The maximum Gasteiger partial charge on any atom is 0.126 e. The van der Waals surface area contributed by atoms with Gasteiger partial charge in [-0.1, -0.05) is 103 Å². The lowest BCUT2D eigenvalue weighted by atomic mass is 10.0. The number of nitrogens with zero attached hydrogens (tertiary/aromatic N) is 1. The third-order valence-electron chi connectivity index (χ3n) is 6.11. The molecule has 0 spiro atoms. The molecule has 182 valence electrons. The maximum atomic E-state index is 9.56. The van der Waals surface area contributed by atoms with Gasteiger partial charge < -0.3 is 19.4 Å². The van der Waals surface area contributed by atoms with Gasteiger partial charge in [-0.3, -0.25) is 0 Å². The predicted molar refractivity (Wildman–Crippen MR) is 130 cm³/mol. The number of hydrogen-bond acceptors (Lipinski definition) is 3. The minimum atomic E-state index is -0.619. The van der Waals surface area contributed by atoms with Crippen LogP contribution < -0.4 is 0 Å². The fraction of sp³-hybridized carbons (Fsp3) is 1.00. The lowest BCUT2D eigenvalue weighted by molar-refractivity contribution is -0.893. The molecule has 0 saturated heterocycles. The highest BCUT2D eigenvalue weighted by Crippen LogP contribution is 2.13. The Balaban J connectivity index is 3.18. The number of unbranched alkanes of at least 4 members (excludes halogenated alkanes) is 15.